The molecule has 2 aromatic rings. The molecule has 1 unspecified atom stereocenters. The molecule has 5 heteroatoms. The van der Waals surface area contributed by atoms with Gasteiger partial charge in [-0.1, -0.05) is 19.9 Å². The second kappa shape index (κ2) is 7.48. The normalized spacial score (nSPS) is 14.9. The van der Waals surface area contributed by atoms with E-state index in [2.05, 4.69) is 19.2 Å². The maximum Gasteiger partial charge on any atom is 0.252 e. The average molecular weight is 359 g/mol. The van der Waals surface area contributed by atoms with Crippen molar-refractivity contribution >= 4 is 17.2 Å². The summed E-state index contributed by atoms with van der Waals surface area (Å²) >= 11 is 1.65. The highest BCUT2D eigenvalue weighted by molar-refractivity contribution is 7.12. The van der Waals surface area contributed by atoms with Gasteiger partial charge in [0, 0.05) is 16.2 Å². The Balaban J connectivity index is 1.85. The first-order valence-electron chi connectivity index (χ1n) is 8.73. The van der Waals surface area contributed by atoms with Gasteiger partial charge in [-0.25, -0.2) is 0 Å². The van der Waals surface area contributed by atoms with Crippen LogP contribution in [-0.4, -0.2) is 19.1 Å². The number of amides is 1. The second-order valence-corrected chi connectivity index (χ2v) is 8.24. The topological polar surface area (TPSA) is 47.6 Å². The highest BCUT2D eigenvalue weighted by Crippen LogP contribution is 2.34. The molecule has 1 aliphatic heterocycles. The summed E-state index contributed by atoms with van der Waals surface area (Å²) in [5.74, 6) is 1.78. The first-order chi connectivity index (χ1) is 12.0. The Morgan fingerprint density at radius 3 is 2.48 bits per heavy atom. The lowest BCUT2D eigenvalue weighted by Gasteiger charge is -2.24. The molecule has 134 valence electrons. The summed E-state index contributed by atoms with van der Waals surface area (Å²) in [6, 6.07) is 7.84. The van der Waals surface area contributed by atoms with Crippen LogP contribution in [0.2, 0.25) is 0 Å². The highest BCUT2D eigenvalue weighted by Gasteiger charge is 2.23. The lowest BCUT2D eigenvalue weighted by atomic mass is 9.95. The Kier molecular flexibility index (Phi) is 5.33. The van der Waals surface area contributed by atoms with E-state index in [0.29, 0.717) is 13.2 Å². The Bertz CT molecular complexity index is 766. The number of hydrogen-bond donors (Lipinski definition) is 1. The monoisotopic (exact) mass is 359 g/mol. The minimum Gasteiger partial charge on any atom is -0.490 e. The third kappa shape index (κ3) is 3.98. The van der Waals surface area contributed by atoms with Crippen molar-refractivity contribution in [2.24, 2.45) is 5.92 Å². The number of nitrogens with one attached hydrogen (secondary N) is 1. The molecule has 1 aromatic heterocycles. The van der Waals surface area contributed by atoms with E-state index in [-0.39, 0.29) is 17.9 Å². The summed E-state index contributed by atoms with van der Waals surface area (Å²) in [5, 5.41) is 3.20. The van der Waals surface area contributed by atoms with Gasteiger partial charge in [0.05, 0.1) is 24.8 Å². The van der Waals surface area contributed by atoms with Crippen molar-refractivity contribution in [3.8, 4) is 11.5 Å². The average Bonchev–Trinajstić information content (AvgIpc) is 2.78. The molecule has 1 aromatic carbocycles. The van der Waals surface area contributed by atoms with E-state index in [1.807, 2.05) is 38.1 Å². The largest absolute Gasteiger partial charge is 0.490 e. The number of ether oxygens (including phenoxy) is 2. The first kappa shape index (κ1) is 17.8. The van der Waals surface area contributed by atoms with E-state index in [0.717, 1.165) is 38.8 Å². The molecule has 0 saturated heterocycles. The van der Waals surface area contributed by atoms with Crippen LogP contribution in [0.1, 0.15) is 52.0 Å². The van der Waals surface area contributed by atoms with E-state index in [9.17, 15) is 4.79 Å². The number of rotatable bonds is 4. The van der Waals surface area contributed by atoms with E-state index in [1.54, 1.807) is 11.3 Å². The summed E-state index contributed by atoms with van der Waals surface area (Å²) in [6.45, 7) is 9.57. The molecule has 0 bridgehead atoms. The molecule has 4 nitrogen and oxygen atoms in total. The van der Waals surface area contributed by atoms with Crippen molar-refractivity contribution < 1.29 is 14.3 Å². The molecule has 2 heterocycles. The molecule has 0 fully saturated rings. The summed E-state index contributed by atoms with van der Waals surface area (Å²) in [5.41, 5.74) is 1.81. The first-order valence-corrected chi connectivity index (χ1v) is 9.55. The number of aryl methyl sites for hydroxylation is 2. The van der Waals surface area contributed by atoms with Crippen LogP contribution in [0.25, 0.3) is 0 Å². The fraction of sp³-hybridized carbons (Fsp3) is 0.450. The van der Waals surface area contributed by atoms with Crippen LogP contribution in [0.4, 0.5) is 0 Å². The van der Waals surface area contributed by atoms with Crippen LogP contribution in [0.3, 0.4) is 0 Å². The zero-order chi connectivity index (χ0) is 18.0. The quantitative estimate of drug-likeness (QED) is 0.864. The van der Waals surface area contributed by atoms with Crippen LogP contribution in [0, 0.1) is 19.8 Å². The standard InChI is InChI=1S/C20H25NO3S/c1-12(2)19(21-20(22)16-10-13(3)25-14(16)4)15-6-7-17-18(11-15)24-9-5-8-23-17/h6-7,10-12,19H,5,8-9H2,1-4H3,(H,21,22). The number of carbonyl (C=O) groups is 1. The van der Waals surface area contributed by atoms with Crippen LogP contribution in [0.5, 0.6) is 11.5 Å². The van der Waals surface area contributed by atoms with Crippen molar-refractivity contribution in [1.29, 1.82) is 0 Å². The molecule has 1 aliphatic rings. The van der Waals surface area contributed by atoms with E-state index < -0.39 is 0 Å². The zero-order valence-electron chi connectivity index (χ0n) is 15.2. The number of thiophene rings is 1. The smallest absolute Gasteiger partial charge is 0.252 e. The van der Waals surface area contributed by atoms with Crippen molar-refractivity contribution in [2.45, 2.75) is 40.2 Å². The molecular formula is C20H25NO3S. The number of fused-ring (bicyclic) bond motifs is 1. The van der Waals surface area contributed by atoms with Gasteiger partial charge in [0.1, 0.15) is 0 Å². The molecule has 1 atom stereocenters. The van der Waals surface area contributed by atoms with Gasteiger partial charge in [0.25, 0.3) is 5.91 Å². The van der Waals surface area contributed by atoms with Gasteiger partial charge in [-0.2, -0.15) is 0 Å². The maximum absolute atomic E-state index is 12.8. The molecule has 3 rings (SSSR count). The summed E-state index contributed by atoms with van der Waals surface area (Å²) < 4.78 is 11.5. The van der Waals surface area contributed by atoms with Gasteiger partial charge in [-0.3, -0.25) is 4.79 Å². The molecule has 0 radical (unpaired) electrons. The lowest BCUT2D eigenvalue weighted by molar-refractivity contribution is 0.0925. The lowest BCUT2D eigenvalue weighted by Crippen LogP contribution is -2.31. The Labute approximate surface area is 153 Å². The molecule has 0 aliphatic carbocycles. The highest BCUT2D eigenvalue weighted by atomic mass is 32.1. The minimum absolute atomic E-state index is 0.0207. The second-order valence-electron chi connectivity index (χ2n) is 6.78. The molecular weight excluding hydrogens is 334 g/mol. The molecule has 25 heavy (non-hydrogen) atoms. The van der Waals surface area contributed by atoms with Gasteiger partial charge < -0.3 is 14.8 Å². The van der Waals surface area contributed by atoms with Crippen molar-refractivity contribution in [3.63, 3.8) is 0 Å². The third-order valence-corrected chi connectivity index (χ3v) is 5.34. The van der Waals surface area contributed by atoms with Gasteiger partial charge in [0.15, 0.2) is 11.5 Å². The molecule has 0 spiro atoms. The Morgan fingerprint density at radius 1 is 1.12 bits per heavy atom. The fourth-order valence-corrected chi connectivity index (χ4v) is 4.00. The minimum atomic E-state index is -0.0794. The van der Waals surface area contributed by atoms with Crippen molar-refractivity contribution in [2.75, 3.05) is 13.2 Å². The van der Waals surface area contributed by atoms with Crippen LogP contribution in [-0.2, 0) is 0 Å². The molecule has 0 saturated carbocycles. The van der Waals surface area contributed by atoms with Gasteiger partial charge in [-0.15, -0.1) is 11.3 Å². The van der Waals surface area contributed by atoms with Gasteiger partial charge in [0.2, 0.25) is 0 Å². The molecule has 1 amide bonds. The molecule has 1 N–H and O–H groups in total. The van der Waals surface area contributed by atoms with E-state index >= 15 is 0 Å². The Morgan fingerprint density at radius 2 is 1.84 bits per heavy atom. The number of benzene rings is 1. The van der Waals surface area contributed by atoms with Crippen molar-refractivity contribution in [1.82, 2.24) is 5.32 Å². The van der Waals surface area contributed by atoms with Gasteiger partial charge in [-0.05, 0) is 43.5 Å². The van der Waals surface area contributed by atoms with E-state index in [1.165, 1.54) is 0 Å². The summed E-state index contributed by atoms with van der Waals surface area (Å²) in [6.07, 6.45) is 0.880. The zero-order valence-corrected chi connectivity index (χ0v) is 16.0. The van der Waals surface area contributed by atoms with Crippen LogP contribution < -0.4 is 14.8 Å². The fourth-order valence-electron chi connectivity index (χ4n) is 3.08. The SMILES string of the molecule is Cc1cc(C(=O)NC(c2ccc3c(c2)OCCCO3)C(C)C)c(C)s1. The maximum atomic E-state index is 12.8. The van der Waals surface area contributed by atoms with Crippen molar-refractivity contribution in [3.05, 3.63) is 45.1 Å². The summed E-state index contributed by atoms with van der Waals surface area (Å²) in [7, 11) is 0. The summed E-state index contributed by atoms with van der Waals surface area (Å²) in [4.78, 5) is 15.0. The van der Waals surface area contributed by atoms with Crippen LogP contribution >= 0.6 is 11.3 Å². The third-order valence-electron chi connectivity index (χ3n) is 4.37. The Hall–Kier alpha value is -2.01. The predicted molar refractivity (Wildman–Crippen MR) is 101 cm³/mol. The number of hydrogen-bond acceptors (Lipinski definition) is 4. The number of carbonyl (C=O) groups excluding carboxylic acids is 1. The van der Waals surface area contributed by atoms with Gasteiger partial charge >= 0.3 is 0 Å². The van der Waals surface area contributed by atoms with E-state index in [4.69, 9.17) is 9.47 Å². The predicted octanol–water partition coefficient (Wildman–Crippen LogP) is 4.65. The van der Waals surface area contributed by atoms with Crippen LogP contribution in [0.15, 0.2) is 24.3 Å².